The van der Waals surface area contributed by atoms with Crippen molar-refractivity contribution in [2.24, 2.45) is 5.92 Å². The first-order valence-electron chi connectivity index (χ1n) is 8.64. The number of benzene rings is 1. The van der Waals surface area contributed by atoms with Gasteiger partial charge in [0.1, 0.15) is 11.3 Å². The molecule has 2 aliphatic rings. The summed E-state index contributed by atoms with van der Waals surface area (Å²) in [5.74, 6) is 1.58. The van der Waals surface area contributed by atoms with E-state index in [1.807, 2.05) is 18.2 Å². The summed E-state index contributed by atoms with van der Waals surface area (Å²) in [7, 11) is 0. The van der Waals surface area contributed by atoms with Crippen LogP contribution in [0.5, 0.6) is 0 Å². The number of nitrogens with zero attached hydrogens (tertiary/aromatic N) is 4. The van der Waals surface area contributed by atoms with E-state index in [1.165, 1.54) is 32.5 Å². The van der Waals surface area contributed by atoms with Crippen LogP contribution in [0.3, 0.4) is 0 Å². The molecule has 0 atom stereocenters. The average molecular weight is 324 g/mol. The Morgan fingerprint density at radius 2 is 2.00 bits per heavy atom. The van der Waals surface area contributed by atoms with Gasteiger partial charge in [0, 0.05) is 31.1 Å². The molecule has 124 valence electrons. The molecule has 0 unspecified atom stereocenters. The molecular formula is C18H20N4O2. The highest BCUT2D eigenvalue weighted by atomic mass is 16.6. The summed E-state index contributed by atoms with van der Waals surface area (Å²) in [5, 5.41) is 8.13. The van der Waals surface area contributed by atoms with Crippen molar-refractivity contribution in [2.75, 3.05) is 37.6 Å². The number of aromatic nitrogens is 2. The van der Waals surface area contributed by atoms with Crippen molar-refractivity contribution in [1.29, 1.82) is 0 Å². The number of hydrogen-bond donors (Lipinski definition) is 0. The first-order chi connectivity index (χ1) is 11.9. The molecule has 3 aromatic rings. The predicted molar refractivity (Wildman–Crippen MR) is 90.9 cm³/mol. The Bertz CT molecular complexity index is 830. The number of anilines is 1. The standard InChI is InChI=1S/C18H20N4O2/c1-2-6-21(5-1)10-13-11-22(12-13)16-9-14(17-4-3-7-23-17)8-15-18(16)20-24-19-15/h3-4,7-9,13H,1-2,5-6,10-12H2. The van der Waals surface area contributed by atoms with Crippen LogP contribution in [-0.2, 0) is 0 Å². The van der Waals surface area contributed by atoms with Crippen molar-refractivity contribution < 1.29 is 9.05 Å². The van der Waals surface area contributed by atoms with Crippen molar-refractivity contribution in [3.8, 4) is 11.3 Å². The molecule has 1 aromatic carbocycles. The predicted octanol–water partition coefficient (Wildman–Crippen LogP) is 3.01. The lowest BCUT2D eigenvalue weighted by Gasteiger charge is -2.42. The molecule has 2 saturated heterocycles. The zero-order valence-corrected chi connectivity index (χ0v) is 13.5. The Labute approximate surface area is 140 Å². The fourth-order valence-corrected chi connectivity index (χ4v) is 3.91. The van der Waals surface area contributed by atoms with Crippen LogP contribution < -0.4 is 4.90 Å². The van der Waals surface area contributed by atoms with E-state index < -0.39 is 0 Å². The molecule has 2 aliphatic heterocycles. The van der Waals surface area contributed by atoms with Crippen molar-refractivity contribution in [3.63, 3.8) is 0 Å². The Kier molecular flexibility index (Phi) is 3.29. The molecule has 6 nitrogen and oxygen atoms in total. The van der Waals surface area contributed by atoms with Crippen molar-refractivity contribution in [3.05, 3.63) is 30.5 Å². The SMILES string of the molecule is c1coc(-c2cc(N3CC(CN4CCCC4)C3)c3nonc3c2)c1. The monoisotopic (exact) mass is 324 g/mol. The maximum atomic E-state index is 5.54. The number of likely N-dealkylation sites (tertiary alicyclic amines) is 1. The number of hydrogen-bond acceptors (Lipinski definition) is 6. The smallest absolute Gasteiger partial charge is 0.158 e. The lowest BCUT2D eigenvalue weighted by atomic mass is 9.97. The van der Waals surface area contributed by atoms with Gasteiger partial charge in [-0.25, -0.2) is 4.63 Å². The highest BCUT2D eigenvalue weighted by Gasteiger charge is 2.31. The second-order valence-electron chi connectivity index (χ2n) is 6.88. The zero-order valence-electron chi connectivity index (χ0n) is 13.5. The van der Waals surface area contributed by atoms with E-state index >= 15 is 0 Å². The summed E-state index contributed by atoms with van der Waals surface area (Å²) in [4.78, 5) is 4.97. The van der Waals surface area contributed by atoms with Crippen LogP contribution in [0, 0.1) is 5.92 Å². The maximum absolute atomic E-state index is 5.54. The molecule has 6 heteroatoms. The van der Waals surface area contributed by atoms with Gasteiger partial charge in [-0.15, -0.1) is 0 Å². The summed E-state index contributed by atoms with van der Waals surface area (Å²) >= 11 is 0. The first kappa shape index (κ1) is 14.0. The van der Waals surface area contributed by atoms with Crippen LogP contribution in [-0.4, -0.2) is 47.9 Å². The molecular weight excluding hydrogens is 304 g/mol. The molecule has 0 N–H and O–H groups in total. The fraction of sp³-hybridized carbons (Fsp3) is 0.444. The van der Waals surface area contributed by atoms with Crippen molar-refractivity contribution >= 4 is 16.7 Å². The van der Waals surface area contributed by atoms with E-state index in [9.17, 15) is 0 Å². The number of rotatable bonds is 4. The lowest BCUT2D eigenvalue weighted by molar-refractivity contribution is 0.247. The third-order valence-corrected chi connectivity index (χ3v) is 5.16. The molecule has 0 amide bonds. The molecule has 4 heterocycles. The third-order valence-electron chi connectivity index (χ3n) is 5.16. The quantitative estimate of drug-likeness (QED) is 0.735. The Morgan fingerprint density at radius 3 is 2.79 bits per heavy atom. The molecule has 2 aromatic heterocycles. The minimum Gasteiger partial charge on any atom is -0.464 e. The highest BCUT2D eigenvalue weighted by Crippen LogP contribution is 2.35. The molecule has 0 saturated carbocycles. The van der Waals surface area contributed by atoms with Gasteiger partial charge in [0.25, 0.3) is 0 Å². The van der Waals surface area contributed by atoms with Crippen LogP contribution in [0.4, 0.5) is 5.69 Å². The van der Waals surface area contributed by atoms with Gasteiger partial charge in [0.05, 0.1) is 12.0 Å². The van der Waals surface area contributed by atoms with E-state index in [0.29, 0.717) is 0 Å². The van der Waals surface area contributed by atoms with E-state index in [-0.39, 0.29) is 0 Å². The van der Waals surface area contributed by atoms with Gasteiger partial charge in [-0.3, -0.25) is 0 Å². The second kappa shape index (κ2) is 5.63. The van der Waals surface area contributed by atoms with Gasteiger partial charge < -0.3 is 14.2 Å². The first-order valence-corrected chi connectivity index (χ1v) is 8.64. The highest BCUT2D eigenvalue weighted by molar-refractivity contribution is 5.92. The number of fused-ring (bicyclic) bond motifs is 1. The normalized spacial score (nSPS) is 19.2. The van der Waals surface area contributed by atoms with E-state index in [1.54, 1.807) is 6.26 Å². The molecule has 5 rings (SSSR count). The third kappa shape index (κ3) is 2.38. The van der Waals surface area contributed by atoms with Gasteiger partial charge in [0.2, 0.25) is 0 Å². The largest absolute Gasteiger partial charge is 0.464 e. The van der Waals surface area contributed by atoms with Gasteiger partial charge in [-0.1, -0.05) is 0 Å². The Balaban J connectivity index is 1.39. The van der Waals surface area contributed by atoms with Gasteiger partial charge >= 0.3 is 0 Å². The summed E-state index contributed by atoms with van der Waals surface area (Å²) in [5.41, 5.74) is 3.73. The minimum absolute atomic E-state index is 0.741. The van der Waals surface area contributed by atoms with Crippen LogP contribution >= 0.6 is 0 Å². The molecule has 0 spiro atoms. The van der Waals surface area contributed by atoms with Crippen LogP contribution in [0.2, 0.25) is 0 Å². The Hall–Kier alpha value is -2.34. The van der Waals surface area contributed by atoms with E-state index in [2.05, 4.69) is 26.2 Å². The van der Waals surface area contributed by atoms with Gasteiger partial charge in [-0.05, 0) is 60.5 Å². The van der Waals surface area contributed by atoms with Crippen LogP contribution in [0.15, 0.2) is 39.6 Å². The molecule has 0 bridgehead atoms. The zero-order chi connectivity index (χ0) is 15.9. The topological polar surface area (TPSA) is 58.5 Å². The summed E-state index contributed by atoms with van der Waals surface area (Å²) in [6.07, 6.45) is 4.40. The van der Waals surface area contributed by atoms with Crippen molar-refractivity contribution in [1.82, 2.24) is 15.2 Å². The summed E-state index contributed by atoms with van der Waals surface area (Å²) in [6, 6.07) is 7.97. The van der Waals surface area contributed by atoms with Gasteiger partial charge in [-0.2, -0.15) is 0 Å². The summed E-state index contributed by atoms with van der Waals surface area (Å²) < 4.78 is 10.5. The fourth-order valence-electron chi connectivity index (χ4n) is 3.91. The van der Waals surface area contributed by atoms with Crippen LogP contribution in [0.25, 0.3) is 22.4 Å². The lowest BCUT2D eigenvalue weighted by Crippen LogP contribution is -2.51. The molecule has 2 fully saturated rings. The average Bonchev–Trinajstić information content (AvgIpc) is 3.31. The van der Waals surface area contributed by atoms with Crippen molar-refractivity contribution in [2.45, 2.75) is 12.8 Å². The molecule has 0 radical (unpaired) electrons. The van der Waals surface area contributed by atoms with E-state index in [4.69, 9.17) is 9.05 Å². The van der Waals surface area contributed by atoms with Crippen LogP contribution in [0.1, 0.15) is 12.8 Å². The number of furan rings is 1. The Morgan fingerprint density at radius 1 is 1.12 bits per heavy atom. The minimum atomic E-state index is 0.741. The second-order valence-corrected chi connectivity index (χ2v) is 6.88. The van der Waals surface area contributed by atoms with E-state index in [0.717, 1.165) is 47.1 Å². The molecule has 0 aliphatic carbocycles. The van der Waals surface area contributed by atoms with Gasteiger partial charge in [0.15, 0.2) is 5.52 Å². The summed E-state index contributed by atoms with van der Waals surface area (Å²) in [6.45, 7) is 5.89. The maximum Gasteiger partial charge on any atom is 0.158 e. The molecule has 24 heavy (non-hydrogen) atoms.